The van der Waals surface area contributed by atoms with E-state index in [1.807, 2.05) is 13.0 Å². The van der Waals surface area contributed by atoms with Crippen molar-refractivity contribution < 1.29 is 14.3 Å². The SMILES string of the molecule is CCC(C(=O)N1CC(CO)Cc2cccc(F)c21)n1cnc(C#N)n1. The number of rotatable bonds is 4. The molecule has 0 saturated heterocycles. The first-order valence-corrected chi connectivity index (χ1v) is 8.09. The lowest BCUT2D eigenvalue weighted by Crippen LogP contribution is -2.45. The predicted octanol–water partition coefficient (Wildman–Crippen LogP) is 1.44. The first-order valence-electron chi connectivity index (χ1n) is 8.09. The maximum atomic E-state index is 14.4. The average molecular weight is 343 g/mol. The van der Waals surface area contributed by atoms with Crippen molar-refractivity contribution in [1.29, 1.82) is 5.26 Å². The van der Waals surface area contributed by atoms with Crippen molar-refractivity contribution in [2.24, 2.45) is 5.92 Å². The zero-order valence-corrected chi connectivity index (χ0v) is 13.8. The van der Waals surface area contributed by atoms with E-state index in [0.717, 1.165) is 0 Å². The van der Waals surface area contributed by atoms with E-state index in [0.29, 0.717) is 18.4 Å². The number of hydrogen-bond acceptors (Lipinski definition) is 5. The third-order valence-corrected chi connectivity index (χ3v) is 4.41. The van der Waals surface area contributed by atoms with E-state index in [2.05, 4.69) is 10.1 Å². The average Bonchev–Trinajstić information content (AvgIpc) is 3.10. The standard InChI is InChI=1S/C17H18FN5O2/c1-2-14(23-10-20-15(7-19)21-23)17(25)22-8-11(9-24)6-12-4-3-5-13(18)16(12)22/h3-5,10-11,14,24H,2,6,8-9H2,1H3. The molecule has 0 aliphatic carbocycles. The van der Waals surface area contributed by atoms with Crippen molar-refractivity contribution in [1.82, 2.24) is 14.8 Å². The number of benzene rings is 1. The number of carbonyl (C=O) groups excluding carboxylic acids is 1. The number of anilines is 1. The summed E-state index contributed by atoms with van der Waals surface area (Å²) in [7, 11) is 0. The molecule has 2 atom stereocenters. The molecule has 2 heterocycles. The number of fused-ring (bicyclic) bond motifs is 1. The Morgan fingerprint density at radius 1 is 1.56 bits per heavy atom. The molecule has 8 heteroatoms. The van der Waals surface area contributed by atoms with Gasteiger partial charge in [0.15, 0.2) is 0 Å². The third-order valence-electron chi connectivity index (χ3n) is 4.41. The van der Waals surface area contributed by atoms with Gasteiger partial charge in [-0.2, -0.15) is 5.26 Å². The zero-order chi connectivity index (χ0) is 18.0. The highest BCUT2D eigenvalue weighted by atomic mass is 19.1. The third kappa shape index (κ3) is 3.10. The largest absolute Gasteiger partial charge is 0.396 e. The second kappa shape index (κ2) is 6.99. The highest BCUT2D eigenvalue weighted by Gasteiger charge is 2.34. The first kappa shape index (κ1) is 17.0. The summed E-state index contributed by atoms with van der Waals surface area (Å²) < 4.78 is 15.7. The van der Waals surface area contributed by atoms with E-state index in [1.165, 1.54) is 22.0 Å². The smallest absolute Gasteiger partial charge is 0.252 e. The van der Waals surface area contributed by atoms with Gasteiger partial charge in [0.05, 0.1) is 5.69 Å². The fourth-order valence-corrected chi connectivity index (χ4v) is 3.21. The molecule has 130 valence electrons. The molecule has 2 aromatic rings. The second-order valence-electron chi connectivity index (χ2n) is 6.03. The molecule has 1 aliphatic rings. The van der Waals surface area contributed by atoms with E-state index in [4.69, 9.17) is 5.26 Å². The van der Waals surface area contributed by atoms with Gasteiger partial charge in [-0.05, 0) is 24.5 Å². The van der Waals surface area contributed by atoms with Gasteiger partial charge in [0.25, 0.3) is 11.7 Å². The summed E-state index contributed by atoms with van der Waals surface area (Å²) in [5.41, 5.74) is 0.959. The van der Waals surface area contributed by atoms with E-state index < -0.39 is 11.9 Å². The van der Waals surface area contributed by atoms with Crippen molar-refractivity contribution in [3.8, 4) is 6.07 Å². The van der Waals surface area contributed by atoms with Crippen LogP contribution in [0.3, 0.4) is 0 Å². The molecule has 1 aromatic heterocycles. The van der Waals surface area contributed by atoms with Gasteiger partial charge >= 0.3 is 0 Å². The van der Waals surface area contributed by atoms with Crippen LogP contribution in [0.25, 0.3) is 0 Å². The van der Waals surface area contributed by atoms with Crippen LogP contribution in [-0.2, 0) is 11.2 Å². The molecule has 25 heavy (non-hydrogen) atoms. The Kier molecular flexibility index (Phi) is 4.76. The van der Waals surface area contributed by atoms with Crippen molar-refractivity contribution in [3.05, 3.63) is 41.7 Å². The molecular formula is C17H18FN5O2. The minimum absolute atomic E-state index is 0.0234. The van der Waals surface area contributed by atoms with Crippen LogP contribution in [0.1, 0.15) is 30.8 Å². The van der Waals surface area contributed by atoms with Crippen LogP contribution in [0.5, 0.6) is 0 Å². The lowest BCUT2D eigenvalue weighted by Gasteiger charge is -2.36. The predicted molar refractivity (Wildman–Crippen MR) is 87.1 cm³/mol. The molecule has 3 rings (SSSR count). The number of carbonyl (C=O) groups is 1. The minimum Gasteiger partial charge on any atom is -0.396 e. The maximum Gasteiger partial charge on any atom is 0.252 e. The molecule has 0 bridgehead atoms. The Morgan fingerprint density at radius 3 is 3.00 bits per heavy atom. The zero-order valence-electron chi connectivity index (χ0n) is 13.8. The van der Waals surface area contributed by atoms with Crippen LogP contribution in [0, 0.1) is 23.1 Å². The van der Waals surface area contributed by atoms with Gasteiger partial charge in [-0.25, -0.2) is 14.1 Å². The number of nitriles is 1. The number of hydrogen-bond donors (Lipinski definition) is 1. The number of para-hydroxylation sites is 1. The molecule has 7 nitrogen and oxygen atoms in total. The second-order valence-corrected chi connectivity index (χ2v) is 6.03. The van der Waals surface area contributed by atoms with Crippen LogP contribution >= 0.6 is 0 Å². The van der Waals surface area contributed by atoms with Gasteiger partial charge in [-0.15, -0.1) is 5.10 Å². The Balaban J connectivity index is 1.99. The van der Waals surface area contributed by atoms with Crippen LogP contribution in [0.4, 0.5) is 10.1 Å². The van der Waals surface area contributed by atoms with Crippen LogP contribution in [0.2, 0.25) is 0 Å². The van der Waals surface area contributed by atoms with E-state index in [1.54, 1.807) is 12.1 Å². The minimum atomic E-state index is -0.695. The van der Waals surface area contributed by atoms with E-state index in [9.17, 15) is 14.3 Å². The highest BCUT2D eigenvalue weighted by molar-refractivity contribution is 5.97. The van der Waals surface area contributed by atoms with Gasteiger partial charge in [0, 0.05) is 19.1 Å². The Bertz CT molecular complexity index is 829. The van der Waals surface area contributed by atoms with E-state index >= 15 is 0 Å². The van der Waals surface area contributed by atoms with Crippen molar-refractivity contribution in [3.63, 3.8) is 0 Å². The van der Waals surface area contributed by atoms with Crippen LogP contribution in [0.15, 0.2) is 24.5 Å². The number of amides is 1. The molecule has 0 spiro atoms. The number of nitrogens with zero attached hydrogens (tertiary/aromatic N) is 5. The molecule has 0 radical (unpaired) electrons. The highest BCUT2D eigenvalue weighted by Crippen LogP contribution is 2.34. The molecule has 1 aliphatic heterocycles. The molecule has 1 aromatic carbocycles. The Morgan fingerprint density at radius 2 is 2.36 bits per heavy atom. The Labute approximate surface area is 144 Å². The van der Waals surface area contributed by atoms with Gasteiger partial charge in [-0.3, -0.25) is 4.79 Å². The molecule has 1 amide bonds. The quantitative estimate of drug-likeness (QED) is 0.906. The lowest BCUT2D eigenvalue weighted by atomic mass is 9.92. The number of aliphatic hydroxyl groups excluding tert-OH is 1. The monoisotopic (exact) mass is 343 g/mol. The summed E-state index contributed by atoms with van der Waals surface area (Å²) >= 11 is 0. The summed E-state index contributed by atoms with van der Waals surface area (Å²) in [6.45, 7) is 1.96. The fraction of sp³-hybridized carbons (Fsp3) is 0.412. The molecule has 2 unspecified atom stereocenters. The Hall–Kier alpha value is -2.79. The summed E-state index contributed by atoms with van der Waals surface area (Å²) in [6, 6.07) is 5.82. The van der Waals surface area contributed by atoms with Crippen LogP contribution in [-0.4, -0.2) is 38.9 Å². The number of aromatic nitrogens is 3. The molecule has 0 saturated carbocycles. The van der Waals surface area contributed by atoms with Gasteiger partial charge in [0.2, 0.25) is 0 Å². The molecule has 1 N–H and O–H groups in total. The number of aliphatic hydroxyl groups is 1. The molecular weight excluding hydrogens is 325 g/mol. The summed E-state index contributed by atoms with van der Waals surface area (Å²) in [5.74, 6) is -0.972. The molecule has 0 fully saturated rings. The van der Waals surface area contributed by atoms with Crippen molar-refractivity contribution >= 4 is 11.6 Å². The normalized spacial score (nSPS) is 17.7. The fourth-order valence-electron chi connectivity index (χ4n) is 3.21. The topological polar surface area (TPSA) is 95.0 Å². The van der Waals surface area contributed by atoms with Gasteiger partial charge < -0.3 is 10.0 Å². The summed E-state index contributed by atoms with van der Waals surface area (Å²) in [4.78, 5) is 18.3. The van der Waals surface area contributed by atoms with Crippen LogP contribution < -0.4 is 4.90 Å². The number of halogens is 1. The summed E-state index contributed by atoms with van der Waals surface area (Å²) in [6.07, 6.45) is 2.27. The maximum absolute atomic E-state index is 14.4. The lowest BCUT2D eigenvalue weighted by molar-refractivity contribution is -0.122. The summed E-state index contributed by atoms with van der Waals surface area (Å²) in [5, 5.41) is 22.4. The van der Waals surface area contributed by atoms with Crippen molar-refractivity contribution in [2.45, 2.75) is 25.8 Å². The van der Waals surface area contributed by atoms with Gasteiger partial charge in [-0.1, -0.05) is 19.1 Å². The van der Waals surface area contributed by atoms with Crippen molar-refractivity contribution in [2.75, 3.05) is 18.1 Å². The first-order chi connectivity index (χ1) is 12.1. The van der Waals surface area contributed by atoms with Gasteiger partial charge in [0.1, 0.15) is 24.3 Å². The van der Waals surface area contributed by atoms with E-state index in [-0.39, 0.29) is 36.5 Å².